The predicted octanol–water partition coefficient (Wildman–Crippen LogP) is 1.81. The summed E-state index contributed by atoms with van der Waals surface area (Å²) < 4.78 is 12.9. The van der Waals surface area contributed by atoms with Crippen LogP contribution in [0.3, 0.4) is 0 Å². The Kier molecular flexibility index (Phi) is 1.46. The van der Waals surface area contributed by atoms with Crippen LogP contribution in [0, 0.1) is 17.7 Å². The molecule has 2 nitrogen and oxygen atoms in total. The van der Waals surface area contributed by atoms with Gasteiger partial charge >= 0.3 is 0 Å². The number of carbonyl (C=O) groups is 1. The topological polar surface area (TPSA) is 20.3 Å². The Morgan fingerprint density at radius 1 is 1.43 bits per heavy atom. The number of halogens is 1. The first-order valence-corrected chi connectivity index (χ1v) is 4.82. The summed E-state index contributed by atoms with van der Waals surface area (Å²) in [4.78, 5) is 13.4. The van der Waals surface area contributed by atoms with E-state index >= 15 is 0 Å². The molecule has 3 rings (SSSR count). The van der Waals surface area contributed by atoms with Crippen LogP contribution in [-0.4, -0.2) is 12.5 Å². The lowest BCUT2D eigenvalue weighted by Crippen LogP contribution is -2.27. The van der Waals surface area contributed by atoms with E-state index in [1.165, 1.54) is 12.1 Å². The Labute approximate surface area is 81.3 Å². The van der Waals surface area contributed by atoms with E-state index < -0.39 is 0 Å². The van der Waals surface area contributed by atoms with Gasteiger partial charge < -0.3 is 4.90 Å². The molecule has 1 aromatic carbocycles. The SMILES string of the molecule is O=C1C2CC2CN1c1cccc(F)c1. The van der Waals surface area contributed by atoms with Gasteiger partial charge in [0.25, 0.3) is 0 Å². The largest absolute Gasteiger partial charge is 0.312 e. The third-order valence-corrected chi connectivity index (χ3v) is 3.04. The number of hydrogen-bond donors (Lipinski definition) is 0. The molecule has 0 radical (unpaired) electrons. The second-order valence-corrected chi connectivity index (χ2v) is 4.03. The minimum Gasteiger partial charge on any atom is -0.312 e. The summed E-state index contributed by atoms with van der Waals surface area (Å²) in [7, 11) is 0. The van der Waals surface area contributed by atoms with E-state index in [2.05, 4.69) is 0 Å². The fourth-order valence-corrected chi connectivity index (χ4v) is 2.15. The molecule has 1 saturated carbocycles. The summed E-state index contributed by atoms with van der Waals surface area (Å²) >= 11 is 0. The van der Waals surface area contributed by atoms with E-state index in [9.17, 15) is 9.18 Å². The van der Waals surface area contributed by atoms with Crippen molar-refractivity contribution in [2.45, 2.75) is 6.42 Å². The molecule has 2 atom stereocenters. The highest BCUT2D eigenvalue weighted by molar-refractivity contribution is 5.99. The smallest absolute Gasteiger partial charge is 0.230 e. The van der Waals surface area contributed by atoms with Gasteiger partial charge in [-0.1, -0.05) is 6.07 Å². The van der Waals surface area contributed by atoms with Crippen molar-refractivity contribution < 1.29 is 9.18 Å². The number of nitrogens with zero attached hydrogens (tertiary/aromatic N) is 1. The molecular weight excluding hydrogens is 181 g/mol. The van der Waals surface area contributed by atoms with Crippen LogP contribution in [0.25, 0.3) is 0 Å². The average molecular weight is 191 g/mol. The van der Waals surface area contributed by atoms with Gasteiger partial charge in [0.1, 0.15) is 5.82 Å². The van der Waals surface area contributed by atoms with Crippen LogP contribution in [0.1, 0.15) is 6.42 Å². The lowest BCUT2D eigenvalue weighted by atomic mass is 10.2. The summed E-state index contributed by atoms with van der Waals surface area (Å²) in [5, 5.41) is 0. The molecule has 14 heavy (non-hydrogen) atoms. The molecule has 1 aliphatic heterocycles. The highest BCUT2D eigenvalue weighted by Crippen LogP contribution is 2.47. The summed E-state index contributed by atoms with van der Waals surface area (Å²) in [6.07, 6.45) is 1.03. The van der Waals surface area contributed by atoms with Gasteiger partial charge in [-0.15, -0.1) is 0 Å². The zero-order valence-corrected chi connectivity index (χ0v) is 7.61. The lowest BCUT2D eigenvalue weighted by Gasteiger charge is -2.17. The van der Waals surface area contributed by atoms with Crippen molar-refractivity contribution in [3.8, 4) is 0 Å². The molecule has 0 N–H and O–H groups in total. The fraction of sp³-hybridized carbons (Fsp3) is 0.364. The molecule has 1 heterocycles. The third kappa shape index (κ3) is 1.05. The van der Waals surface area contributed by atoms with E-state index in [1.54, 1.807) is 17.0 Å². The monoisotopic (exact) mass is 191 g/mol. The molecule has 0 aromatic heterocycles. The van der Waals surface area contributed by atoms with Gasteiger partial charge in [-0.3, -0.25) is 4.79 Å². The Morgan fingerprint density at radius 2 is 2.29 bits per heavy atom. The number of rotatable bonds is 1. The van der Waals surface area contributed by atoms with Gasteiger partial charge in [0.2, 0.25) is 5.91 Å². The van der Waals surface area contributed by atoms with Crippen LogP contribution < -0.4 is 4.90 Å². The van der Waals surface area contributed by atoms with Crippen LogP contribution in [0.15, 0.2) is 24.3 Å². The van der Waals surface area contributed by atoms with Crippen molar-refractivity contribution in [2.75, 3.05) is 11.4 Å². The summed E-state index contributed by atoms with van der Waals surface area (Å²) in [5.74, 6) is 0.653. The van der Waals surface area contributed by atoms with Crippen LogP contribution in [0.2, 0.25) is 0 Å². The molecule has 2 unspecified atom stereocenters. The first-order chi connectivity index (χ1) is 6.75. The van der Waals surface area contributed by atoms with Gasteiger partial charge in [-0.05, 0) is 30.5 Å². The Hall–Kier alpha value is -1.38. The zero-order chi connectivity index (χ0) is 9.71. The highest BCUT2D eigenvalue weighted by Gasteiger charge is 2.52. The Bertz CT molecular complexity index is 404. The van der Waals surface area contributed by atoms with E-state index in [4.69, 9.17) is 0 Å². The van der Waals surface area contributed by atoms with Crippen molar-refractivity contribution in [3.63, 3.8) is 0 Å². The molecule has 3 heteroatoms. The summed E-state index contributed by atoms with van der Waals surface area (Å²) in [5.41, 5.74) is 0.696. The van der Waals surface area contributed by atoms with Crippen molar-refractivity contribution in [3.05, 3.63) is 30.1 Å². The predicted molar refractivity (Wildman–Crippen MR) is 50.4 cm³/mol. The van der Waals surface area contributed by atoms with E-state index in [1.807, 2.05) is 0 Å². The van der Waals surface area contributed by atoms with Crippen molar-refractivity contribution in [1.29, 1.82) is 0 Å². The van der Waals surface area contributed by atoms with E-state index in [-0.39, 0.29) is 17.6 Å². The molecule has 1 saturated heterocycles. The first-order valence-electron chi connectivity index (χ1n) is 4.82. The molecule has 0 bridgehead atoms. The van der Waals surface area contributed by atoms with Crippen molar-refractivity contribution in [2.24, 2.45) is 11.8 Å². The quantitative estimate of drug-likeness (QED) is 0.663. The van der Waals surface area contributed by atoms with Gasteiger partial charge in [0.05, 0.1) is 0 Å². The average Bonchev–Trinajstić information content (AvgIpc) is 2.86. The maximum atomic E-state index is 12.9. The maximum absolute atomic E-state index is 12.9. The molecule has 72 valence electrons. The number of fused-ring (bicyclic) bond motifs is 1. The normalized spacial score (nSPS) is 29.2. The van der Waals surface area contributed by atoms with Gasteiger partial charge in [-0.25, -0.2) is 4.39 Å². The molecule has 1 aliphatic carbocycles. The number of amides is 1. The van der Waals surface area contributed by atoms with Crippen molar-refractivity contribution >= 4 is 11.6 Å². The number of carbonyl (C=O) groups excluding carboxylic acids is 1. The molecule has 0 spiro atoms. The fourth-order valence-electron chi connectivity index (χ4n) is 2.15. The minimum absolute atomic E-state index is 0.167. The van der Waals surface area contributed by atoms with E-state index in [0.29, 0.717) is 11.6 Å². The zero-order valence-electron chi connectivity index (χ0n) is 7.61. The van der Waals surface area contributed by atoms with E-state index in [0.717, 1.165) is 13.0 Å². The summed E-state index contributed by atoms with van der Waals surface area (Å²) in [6.45, 7) is 0.771. The number of piperidine rings is 1. The molecule has 2 fully saturated rings. The highest BCUT2D eigenvalue weighted by atomic mass is 19.1. The molecular formula is C11H10FNO. The third-order valence-electron chi connectivity index (χ3n) is 3.04. The van der Waals surface area contributed by atoms with Crippen LogP contribution in [0.5, 0.6) is 0 Å². The maximum Gasteiger partial charge on any atom is 0.230 e. The van der Waals surface area contributed by atoms with Crippen LogP contribution >= 0.6 is 0 Å². The Balaban J connectivity index is 1.92. The lowest BCUT2D eigenvalue weighted by molar-refractivity contribution is -0.118. The van der Waals surface area contributed by atoms with Gasteiger partial charge in [0, 0.05) is 18.2 Å². The molecule has 1 aromatic rings. The van der Waals surface area contributed by atoms with Gasteiger partial charge in [-0.2, -0.15) is 0 Å². The molecule has 2 aliphatic rings. The summed E-state index contributed by atoms with van der Waals surface area (Å²) in [6, 6.07) is 6.24. The van der Waals surface area contributed by atoms with Crippen LogP contribution in [0.4, 0.5) is 10.1 Å². The second kappa shape index (κ2) is 2.56. The van der Waals surface area contributed by atoms with Gasteiger partial charge in [0.15, 0.2) is 0 Å². The van der Waals surface area contributed by atoms with Crippen LogP contribution in [-0.2, 0) is 4.79 Å². The minimum atomic E-state index is -0.282. The molecule has 1 amide bonds. The van der Waals surface area contributed by atoms with Crippen molar-refractivity contribution in [1.82, 2.24) is 0 Å². The standard InChI is InChI=1S/C11H10FNO/c12-8-2-1-3-9(5-8)13-6-7-4-10(7)11(13)14/h1-3,5,7,10H,4,6H2. The number of anilines is 1. The second-order valence-electron chi connectivity index (χ2n) is 4.03. The number of benzene rings is 1. The number of hydrogen-bond acceptors (Lipinski definition) is 1. The first kappa shape index (κ1) is 7.97. The Morgan fingerprint density at radius 3 is 2.93 bits per heavy atom.